The van der Waals surface area contributed by atoms with Crippen molar-refractivity contribution in [1.82, 2.24) is 15.0 Å². The third-order valence-corrected chi connectivity index (χ3v) is 3.76. The molecule has 3 rings (SSSR count). The van der Waals surface area contributed by atoms with E-state index in [1.807, 2.05) is 19.1 Å². The Morgan fingerprint density at radius 2 is 2.17 bits per heavy atom. The normalized spacial score (nSPS) is 12.2. The van der Waals surface area contributed by atoms with Crippen LogP contribution < -0.4 is 11.1 Å². The number of nitrogens with two attached hydrogens (primary N) is 1. The second kappa shape index (κ2) is 7.40. The number of hydrogen-bond acceptors (Lipinski definition) is 5. The van der Waals surface area contributed by atoms with Gasteiger partial charge in [0.05, 0.1) is 23.2 Å². The van der Waals surface area contributed by atoms with Gasteiger partial charge in [-0.2, -0.15) is 9.97 Å². The lowest BCUT2D eigenvalue weighted by molar-refractivity contribution is 0.518. The van der Waals surface area contributed by atoms with Crippen LogP contribution >= 0.6 is 35.6 Å². The third-order valence-electron chi connectivity index (χ3n) is 3.17. The van der Waals surface area contributed by atoms with Crippen LogP contribution in [-0.2, 0) is 13.0 Å². The Morgan fingerprint density at radius 1 is 1.39 bits per heavy atom. The highest BCUT2D eigenvalue weighted by Crippen LogP contribution is 2.33. The van der Waals surface area contributed by atoms with Gasteiger partial charge in [0.2, 0.25) is 5.28 Å². The van der Waals surface area contributed by atoms with Gasteiger partial charge < -0.3 is 20.5 Å². The first-order chi connectivity index (χ1) is 10.5. The summed E-state index contributed by atoms with van der Waals surface area (Å²) in [4.78, 5) is 11.6. The highest BCUT2D eigenvalue weighted by atomic mass is 35.5. The molecule has 23 heavy (non-hydrogen) atoms. The molecule has 0 fully saturated rings. The van der Waals surface area contributed by atoms with Crippen LogP contribution in [0.5, 0.6) is 0 Å². The Labute approximate surface area is 149 Å². The van der Waals surface area contributed by atoms with Crippen LogP contribution in [0.15, 0.2) is 22.8 Å². The van der Waals surface area contributed by atoms with Gasteiger partial charge in [0.15, 0.2) is 0 Å². The summed E-state index contributed by atoms with van der Waals surface area (Å²) >= 11 is 12.4. The van der Waals surface area contributed by atoms with Gasteiger partial charge in [0.1, 0.15) is 17.2 Å². The molecular weight excluding hydrogens is 361 g/mol. The van der Waals surface area contributed by atoms with Gasteiger partial charge in [-0.05, 0) is 30.7 Å². The fourth-order valence-corrected chi connectivity index (χ4v) is 2.73. The van der Waals surface area contributed by atoms with E-state index in [2.05, 4.69) is 20.3 Å². The molecular formula is C14H16Cl3N5O. The summed E-state index contributed by atoms with van der Waals surface area (Å²) in [5, 5.41) is 4.58. The lowest BCUT2D eigenvalue weighted by Gasteiger charge is -2.06. The number of rotatable bonds is 5. The van der Waals surface area contributed by atoms with Crippen molar-refractivity contribution in [2.75, 3.05) is 5.32 Å². The maximum absolute atomic E-state index is 6.45. The molecule has 0 unspecified atom stereocenters. The molecule has 4 N–H and O–H groups in total. The molecule has 0 bridgehead atoms. The second-order valence-corrected chi connectivity index (χ2v) is 5.81. The summed E-state index contributed by atoms with van der Waals surface area (Å²) in [7, 11) is 0. The zero-order chi connectivity index (χ0) is 15.7. The molecule has 6 nitrogen and oxygen atoms in total. The Hall–Kier alpha value is -1.47. The number of furan rings is 1. The second-order valence-electron chi connectivity index (χ2n) is 5.10. The first kappa shape index (κ1) is 17.9. The van der Waals surface area contributed by atoms with Crippen LogP contribution in [0.4, 0.5) is 5.82 Å². The zero-order valence-corrected chi connectivity index (χ0v) is 14.6. The van der Waals surface area contributed by atoms with E-state index < -0.39 is 0 Å². The summed E-state index contributed by atoms with van der Waals surface area (Å²) in [6, 6.07) is 3.67. The first-order valence-electron chi connectivity index (χ1n) is 6.80. The zero-order valence-electron chi connectivity index (χ0n) is 12.3. The topological polar surface area (TPSA) is 92.8 Å². The minimum atomic E-state index is -0.0199. The van der Waals surface area contributed by atoms with E-state index in [-0.39, 0.29) is 23.7 Å². The standard InChI is InChI=1S/C14H15Cl2N5O.ClH/c1-7(17)5-9-11(15)10-12(18-6-8-3-2-4-22-8)20-14(16)21-13(10)19-9;/h2-4,7H,5-6,17H2,1H3,(H2,18,19,20,21);1H/t7-;/m0./s1. The molecule has 0 aliphatic rings. The van der Waals surface area contributed by atoms with Crippen molar-refractivity contribution in [3.05, 3.63) is 40.2 Å². The highest BCUT2D eigenvalue weighted by Gasteiger charge is 2.17. The van der Waals surface area contributed by atoms with Crippen LogP contribution in [0, 0.1) is 0 Å². The van der Waals surface area contributed by atoms with Gasteiger partial charge in [-0.25, -0.2) is 0 Å². The predicted molar refractivity (Wildman–Crippen MR) is 94.5 cm³/mol. The minimum Gasteiger partial charge on any atom is -0.467 e. The number of hydrogen-bond donors (Lipinski definition) is 3. The molecule has 0 saturated heterocycles. The van der Waals surface area contributed by atoms with Gasteiger partial charge in [-0.15, -0.1) is 12.4 Å². The Balaban J connectivity index is 0.00000192. The number of nitrogens with zero attached hydrogens (tertiary/aromatic N) is 2. The molecule has 0 aliphatic carbocycles. The summed E-state index contributed by atoms with van der Waals surface area (Å²) < 4.78 is 5.29. The lowest BCUT2D eigenvalue weighted by atomic mass is 10.2. The van der Waals surface area contributed by atoms with Crippen molar-refractivity contribution >= 4 is 52.5 Å². The summed E-state index contributed by atoms with van der Waals surface area (Å²) in [5.74, 6) is 1.34. The summed E-state index contributed by atoms with van der Waals surface area (Å²) in [5.41, 5.74) is 7.25. The molecule has 0 radical (unpaired) electrons. The average Bonchev–Trinajstić information content (AvgIpc) is 3.05. The van der Waals surface area contributed by atoms with E-state index in [1.165, 1.54) is 0 Å². The monoisotopic (exact) mass is 375 g/mol. The molecule has 124 valence electrons. The van der Waals surface area contributed by atoms with Crippen LogP contribution in [0.2, 0.25) is 10.3 Å². The van der Waals surface area contributed by atoms with E-state index in [4.69, 9.17) is 33.4 Å². The van der Waals surface area contributed by atoms with Crippen molar-refractivity contribution < 1.29 is 4.42 Å². The molecule has 3 aromatic heterocycles. The number of halogens is 3. The molecule has 0 amide bonds. The van der Waals surface area contributed by atoms with Crippen molar-refractivity contribution in [2.24, 2.45) is 5.73 Å². The van der Waals surface area contributed by atoms with E-state index >= 15 is 0 Å². The first-order valence-corrected chi connectivity index (χ1v) is 7.55. The van der Waals surface area contributed by atoms with Gasteiger partial charge in [0, 0.05) is 18.2 Å². The van der Waals surface area contributed by atoms with Gasteiger partial charge in [0.25, 0.3) is 0 Å². The molecule has 3 aromatic rings. The van der Waals surface area contributed by atoms with Crippen LogP contribution in [0.25, 0.3) is 11.0 Å². The fraction of sp³-hybridized carbons (Fsp3) is 0.286. The summed E-state index contributed by atoms with van der Waals surface area (Å²) in [6.07, 6.45) is 2.23. The molecule has 0 saturated carbocycles. The SMILES string of the molecule is C[C@H](N)Cc1[nH]c2nc(Cl)nc(NCc3ccco3)c2c1Cl.Cl. The quantitative estimate of drug-likeness (QED) is 0.589. The van der Waals surface area contributed by atoms with Crippen LogP contribution in [0.1, 0.15) is 18.4 Å². The molecule has 0 aliphatic heterocycles. The number of nitrogens with one attached hydrogen (secondary N) is 2. The third kappa shape index (κ3) is 3.90. The van der Waals surface area contributed by atoms with Crippen molar-refractivity contribution in [3.8, 4) is 0 Å². The van der Waals surface area contributed by atoms with Crippen LogP contribution in [-0.4, -0.2) is 21.0 Å². The van der Waals surface area contributed by atoms with Crippen LogP contribution in [0.3, 0.4) is 0 Å². The number of fused-ring (bicyclic) bond motifs is 1. The largest absolute Gasteiger partial charge is 0.467 e. The average molecular weight is 377 g/mol. The van der Waals surface area contributed by atoms with Gasteiger partial charge in [-0.1, -0.05) is 11.6 Å². The minimum absolute atomic E-state index is 0. The maximum Gasteiger partial charge on any atom is 0.226 e. The summed E-state index contributed by atoms with van der Waals surface area (Å²) in [6.45, 7) is 2.39. The number of anilines is 1. The molecule has 0 aromatic carbocycles. The van der Waals surface area contributed by atoms with E-state index in [9.17, 15) is 0 Å². The number of aromatic nitrogens is 3. The molecule has 3 heterocycles. The Bertz CT molecular complexity index is 785. The van der Waals surface area contributed by atoms with Crippen molar-refractivity contribution in [2.45, 2.75) is 25.9 Å². The highest BCUT2D eigenvalue weighted by molar-refractivity contribution is 6.37. The molecule has 0 spiro atoms. The maximum atomic E-state index is 6.45. The van der Waals surface area contributed by atoms with E-state index in [0.717, 1.165) is 11.5 Å². The predicted octanol–water partition coefficient (Wildman–Crippen LogP) is 3.78. The fourth-order valence-electron chi connectivity index (χ4n) is 2.26. The van der Waals surface area contributed by atoms with Gasteiger partial charge in [-0.3, -0.25) is 0 Å². The molecule has 1 atom stereocenters. The Kier molecular flexibility index (Phi) is 5.75. The molecule has 9 heteroatoms. The number of aromatic amines is 1. The lowest BCUT2D eigenvalue weighted by Crippen LogP contribution is -2.18. The van der Waals surface area contributed by atoms with E-state index in [0.29, 0.717) is 34.8 Å². The smallest absolute Gasteiger partial charge is 0.226 e. The Morgan fingerprint density at radius 3 is 2.83 bits per heavy atom. The number of H-pyrrole nitrogens is 1. The van der Waals surface area contributed by atoms with Crippen molar-refractivity contribution in [1.29, 1.82) is 0 Å². The van der Waals surface area contributed by atoms with E-state index in [1.54, 1.807) is 6.26 Å². The van der Waals surface area contributed by atoms with Gasteiger partial charge >= 0.3 is 0 Å². The van der Waals surface area contributed by atoms with Crippen molar-refractivity contribution in [3.63, 3.8) is 0 Å².